The molecule has 22 heavy (non-hydrogen) atoms. The van der Waals surface area contributed by atoms with Gasteiger partial charge >= 0.3 is 0 Å². The van der Waals surface area contributed by atoms with Crippen molar-refractivity contribution in [3.63, 3.8) is 0 Å². The van der Waals surface area contributed by atoms with Crippen molar-refractivity contribution < 1.29 is 25.9 Å². The molecule has 0 aromatic carbocycles. The van der Waals surface area contributed by atoms with E-state index in [-0.39, 0.29) is 17.0 Å². The summed E-state index contributed by atoms with van der Waals surface area (Å²) in [6, 6.07) is 4.06. The van der Waals surface area contributed by atoms with Crippen LogP contribution in [-0.4, -0.2) is 25.1 Å². The number of furan rings is 1. The van der Waals surface area contributed by atoms with Crippen molar-refractivity contribution in [2.75, 3.05) is 20.6 Å². The molecule has 3 heteroatoms. The Kier molecular flexibility index (Phi) is 13.0. The van der Waals surface area contributed by atoms with Crippen LogP contribution < -0.4 is 17.0 Å². The highest BCUT2D eigenvalue weighted by molar-refractivity contribution is 4.96. The summed E-state index contributed by atoms with van der Waals surface area (Å²) in [5.74, 6) is 1.10. The number of hydrogen-bond donors (Lipinski definition) is 0. The Morgan fingerprint density at radius 3 is 1.91 bits per heavy atom. The molecule has 0 saturated carbocycles. The van der Waals surface area contributed by atoms with E-state index in [0.717, 1.165) is 16.8 Å². The topological polar surface area (TPSA) is 13.1 Å². The highest BCUT2D eigenvalue weighted by atomic mass is 79.9. The maximum absolute atomic E-state index is 5.45. The normalized spacial score (nSPS) is 11.4. The SMILES string of the molecule is CCCCCCCCCCCC[N+](C)(C)Cc1ccco1.[Br-]. The summed E-state index contributed by atoms with van der Waals surface area (Å²) in [6.07, 6.45) is 15.9. The fourth-order valence-corrected chi connectivity index (χ4v) is 2.93. The van der Waals surface area contributed by atoms with Crippen LogP contribution in [0.15, 0.2) is 22.8 Å². The third-order valence-electron chi connectivity index (χ3n) is 4.28. The smallest absolute Gasteiger partial charge is 0.158 e. The molecule has 0 N–H and O–H groups in total. The predicted molar refractivity (Wildman–Crippen MR) is 91.2 cm³/mol. The second kappa shape index (κ2) is 13.2. The number of unbranched alkanes of at least 4 members (excludes halogenated alkanes) is 9. The average molecular weight is 374 g/mol. The van der Waals surface area contributed by atoms with Gasteiger partial charge in [-0.25, -0.2) is 0 Å². The van der Waals surface area contributed by atoms with Crippen molar-refractivity contribution in [1.29, 1.82) is 0 Å². The van der Waals surface area contributed by atoms with E-state index in [1.54, 1.807) is 6.26 Å². The van der Waals surface area contributed by atoms with E-state index in [2.05, 4.69) is 27.1 Å². The van der Waals surface area contributed by atoms with E-state index in [1.807, 2.05) is 6.07 Å². The molecule has 130 valence electrons. The maximum Gasteiger partial charge on any atom is 0.158 e. The average Bonchev–Trinajstić information content (AvgIpc) is 2.93. The molecule has 0 radical (unpaired) electrons. The van der Waals surface area contributed by atoms with Gasteiger partial charge in [-0.1, -0.05) is 58.3 Å². The van der Waals surface area contributed by atoms with Crippen molar-refractivity contribution in [3.8, 4) is 0 Å². The van der Waals surface area contributed by atoms with Gasteiger partial charge in [0.1, 0.15) is 6.54 Å². The number of quaternary nitrogens is 1. The number of rotatable bonds is 13. The van der Waals surface area contributed by atoms with Gasteiger partial charge in [0.2, 0.25) is 0 Å². The van der Waals surface area contributed by atoms with E-state index in [4.69, 9.17) is 4.42 Å². The molecule has 1 rings (SSSR count). The van der Waals surface area contributed by atoms with Crippen LogP contribution in [0, 0.1) is 0 Å². The first kappa shape index (κ1) is 21.7. The summed E-state index contributed by atoms with van der Waals surface area (Å²) in [5.41, 5.74) is 0. The number of halogens is 1. The van der Waals surface area contributed by atoms with Gasteiger partial charge in [0.05, 0.1) is 26.9 Å². The molecule has 0 aliphatic carbocycles. The molecule has 0 aliphatic heterocycles. The van der Waals surface area contributed by atoms with Crippen molar-refractivity contribution >= 4 is 0 Å². The molecule has 0 aliphatic rings. The Morgan fingerprint density at radius 1 is 0.864 bits per heavy atom. The van der Waals surface area contributed by atoms with Crippen LogP contribution in [0.1, 0.15) is 76.9 Å². The Bertz CT molecular complexity index is 335. The third-order valence-corrected chi connectivity index (χ3v) is 4.28. The Morgan fingerprint density at radius 2 is 1.41 bits per heavy atom. The lowest BCUT2D eigenvalue weighted by Crippen LogP contribution is -3.00. The summed E-state index contributed by atoms with van der Waals surface area (Å²) in [4.78, 5) is 0. The number of nitrogens with zero attached hydrogens (tertiary/aromatic N) is 1. The molecule has 0 atom stereocenters. The summed E-state index contributed by atoms with van der Waals surface area (Å²) in [6.45, 7) is 4.54. The largest absolute Gasteiger partial charge is 1.00 e. The first-order valence-corrected chi connectivity index (χ1v) is 8.98. The summed E-state index contributed by atoms with van der Waals surface area (Å²) >= 11 is 0. The zero-order valence-electron chi connectivity index (χ0n) is 15.0. The van der Waals surface area contributed by atoms with Crippen molar-refractivity contribution in [2.24, 2.45) is 0 Å². The van der Waals surface area contributed by atoms with Crippen molar-refractivity contribution in [2.45, 2.75) is 77.7 Å². The van der Waals surface area contributed by atoms with Crippen LogP contribution in [0.25, 0.3) is 0 Å². The maximum atomic E-state index is 5.45. The van der Waals surface area contributed by atoms with Gasteiger partial charge in [0, 0.05) is 0 Å². The standard InChI is InChI=1S/C19H36NO.BrH/c1-4-5-6-7-8-9-10-11-12-13-16-20(2,3)18-19-15-14-17-21-19;/h14-15,17H,4-13,16,18H2,1-3H3;1H/q+1;/p-1. The zero-order valence-corrected chi connectivity index (χ0v) is 16.5. The fraction of sp³-hybridized carbons (Fsp3) is 0.789. The lowest BCUT2D eigenvalue weighted by Gasteiger charge is -2.28. The van der Waals surface area contributed by atoms with E-state index >= 15 is 0 Å². The number of hydrogen-bond acceptors (Lipinski definition) is 1. The van der Waals surface area contributed by atoms with E-state index in [1.165, 1.54) is 70.8 Å². The summed E-state index contributed by atoms with van der Waals surface area (Å²) in [5, 5.41) is 0. The van der Waals surface area contributed by atoms with Crippen molar-refractivity contribution in [1.82, 2.24) is 0 Å². The van der Waals surface area contributed by atoms with Gasteiger partial charge in [0.15, 0.2) is 5.76 Å². The quantitative estimate of drug-likeness (QED) is 0.382. The van der Waals surface area contributed by atoms with Crippen LogP contribution in [0.5, 0.6) is 0 Å². The molecule has 0 amide bonds. The predicted octanol–water partition coefficient (Wildman–Crippen LogP) is 2.78. The minimum atomic E-state index is 0. The van der Waals surface area contributed by atoms with E-state index in [9.17, 15) is 0 Å². The molecule has 0 unspecified atom stereocenters. The summed E-state index contributed by atoms with van der Waals surface area (Å²) < 4.78 is 6.49. The van der Waals surface area contributed by atoms with Crippen LogP contribution in [0.3, 0.4) is 0 Å². The molecular weight excluding hydrogens is 338 g/mol. The Labute approximate surface area is 148 Å². The molecule has 1 aromatic rings. The molecule has 1 heterocycles. The van der Waals surface area contributed by atoms with E-state index < -0.39 is 0 Å². The highest BCUT2D eigenvalue weighted by Crippen LogP contribution is 2.14. The first-order valence-electron chi connectivity index (χ1n) is 8.98. The van der Waals surface area contributed by atoms with Gasteiger partial charge in [-0.2, -0.15) is 0 Å². The van der Waals surface area contributed by atoms with Gasteiger partial charge in [-0.15, -0.1) is 0 Å². The monoisotopic (exact) mass is 373 g/mol. The van der Waals surface area contributed by atoms with Crippen LogP contribution >= 0.6 is 0 Å². The Balaban J connectivity index is 0.00000441. The Hall–Kier alpha value is -0.280. The van der Waals surface area contributed by atoms with Gasteiger partial charge in [-0.05, 0) is 25.0 Å². The minimum Gasteiger partial charge on any atom is -1.00 e. The second-order valence-corrected chi connectivity index (χ2v) is 7.08. The molecule has 0 spiro atoms. The van der Waals surface area contributed by atoms with Gasteiger partial charge in [0.25, 0.3) is 0 Å². The summed E-state index contributed by atoms with van der Waals surface area (Å²) in [7, 11) is 4.60. The zero-order chi connectivity index (χ0) is 15.4. The third kappa shape index (κ3) is 11.3. The first-order chi connectivity index (χ1) is 10.1. The molecule has 0 bridgehead atoms. The minimum absolute atomic E-state index is 0. The second-order valence-electron chi connectivity index (χ2n) is 7.08. The van der Waals surface area contributed by atoms with Crippen LogP contribution in [-0.2, 0) is 6.54 Å². The van der Waals surface area contributed by atoms with Crippen LogP contribution in [0.4, 0.5) is 0 Å². The molecule has 0 saturated heterocycles. The lowest BCUT2D eigenvalue weighted by molar-refractivity contribution is -0.904. The lowest BCUT2D eigenvalue weighted by atomic mass is 10.1. The fourth-order valence-electron chi connectivity index (χ4n) is 2.93. The molecule has 1 aromatic heterocycles. The highest BCUT2D eigenvalue weighted by Gasteiger charge is 2.16. The molecule has 2 nitrogen and oxygen atoms in total. The molecule has 0 fully saturated rings. The molecular formula is C19H36BrNO. The van der Waals surface area contributed by atoms with Crippen molar-refractivity contribution in [3.05, 3.63) is 24.2 Å². The van der Waals surface area contributed by atoms with Gasteiger partial charge in [-0.3, -0.25) is 0 Å². The van der Waals surface area contributed by atoms with Gasteiger partial charge < -0.3 is 25.9 Å². The van der Waals surface area contributed by atoms with E-state index in [0.29, 0.717) is 0 Å². The van der Waals surface area contributed by atoms with Crippen LogP contribution in [0.2, 0.25) is 0 Å².